The van der Waals surface area contributed by atoms with Crippen LogP contribution in [-0.2, 0) is 0 Å². The monoisotopic (exact) mass is 540 g/mol. The van der Waals surface area contributed by atoms with Crippen molar-refractivity contribution >= 4 is 34.8 Å². The Morgan fingerprint density at radius 2 is 1.51 bits per heavy atom. The number of nitro benzene ring substituents is 1. The van der Waals surface area contributed by atoms with Gasteiger partial charge in [0.15, 0.2) is 17.3 Å². The molecule has 2 aliphatic heterocycles. The summed E-state index contributed by atoms with van der Waals surface area (Å²) in [6, 6.07) is 25.8. The molecule has 0 N–H and O–H groups in total. The summed E-state index contributed by atoms with van der Waals surface area (Å²) in [6.45, 7) is 1.93. The molecular formula is C34H24N2O5. The first-order chi connectivity index (χ1) is 19.8. The number of nitrogens with zero attached hydrogens (tertiary/aromatic N) is 2. The zero-order valence-corrected chi connectivity index (χ0v) is 22.1. The molecule has 1 aliphatic carbocycles. The molecule has 0 bridgehead atoms. The lowest BCUT2D eigenvalue weighted by molar-refractivity contribution is -0.384. The molecule has 2 heterocycles. The van der Waals surface area contributed by atoms with E-state index in [0.717, 1.165) is 16.8 Å². The highest BCUT2D eigenvalue weighted by Crippen LogP contribution is 2.61. The van der Waals surface area contributed by atoms with E-state index in [0.29, 0.717) is 22.3 Å². The van der Waals surface area contributed by atoms with Crippen LogP contribution in [-0.4, -0.2) is 34.4 Å². The van der Waals surface area contributed by atoms with Gasteiger partial charge in [-0.25, -0.2) is 0 Å². The van der Waals surface area contributed by atoms with Crippen LogP contribution in [0, 0.1) is 22.5 Å². The second-order valence-electron chi connectivity index (χ2n) is 10.8. The predicted molar refractivity (Wildman–Crippen MR) is 154 cm³/mol. The first kappa shape index (κ1) is 24.8. The SMILES string of the molecule is Cc1ccc(C(=O)[C@@H]2[C@H](c3cccc([N+](=O)[O-])c3)C3(C(=O)c4ccccc4C3=O)[C@@H]3C=Cc4ccccc4N23)cc1. The van der Waals surface area contributed by atoms with Crippen molar-refractivity contribution < 1.29 is 19.3 Å². The van der Waals surface area contributed by atoms with Crippen molar-refractivity contribution in [2.24, 2.45) is 5.41 Å². The lowest BCUT2D eigenvalue weighted by Crippen LogP contribution is -2.48. The lowest BCUT2D eigenvalue weighted by atomic mass is 9.64. The first-order valence-electron chi connectivity index (χ1n) is 13.4. The van der Waals surface area contributed by atoms with Gasteiger partial charge in [-0.3, -0.25) is 24.5 Å². The number of fused-ring (bicyclic) bond motifs is 5. The number of carbonyl (C=O) groups is 3. The number of benzene rings is 4. The number of carbonyl (C=O) groups excluding carboxylic acids is 3. The van der Waals surface area contributed by atoms with Crippen molar-refractivity contribution in [1.82, 2.24) is 0 Å². The highest BCUT2D eigenvalue weighted by Gasteiger charge is 2.71. The fraction of sp³-hybridized carbons (Fsp3) is 0.147. The van der Waals surface area contributed by atoms with Crippen molar-refractivity contribution in [2.75, 3.05) is 4.90 Å². The molecule has 1 fully saturated rings. The quantitative estimate of drug-likeness (QED) is 0.132. The summed E-state index contributed by atoms with van der Waals surface area (Å²) in [5, 5.41) is 11.9. The maximum absolute atomic E-state index is 14.6. The fourth-order valence-corrected chi connectivity index (χ4v) is 7.01. The van der Waals surface area contributed by atoms with Crippen LogP contribution in [0.4, 0.5) is 11.4 Å². The second-order valence-corrected chi connectivity index (χ2v) is 10.8. The number of anilines is 1. The zero-order chi connectivity index (χ0) is 28.5. The van der Waals surface area contributed by atoms with Crippen molar-refractivity contribution in [3.63, 3.8) is 0 Å². The van der Waals surface area contributed by atoms with Gasteiger partial charge in [-0.2, -0.15) is 0 Å². The van der Waals surface area contributed by atoms with Gasteiger partial charge < -0.3 is 4.90 Å². The number of Topliss-reactive ketones (excluding diaryl/α,β-unsaturated/α-hetero) is 3. The van der Waals surface area contributed by atoms with E-state index in [1.54, 1.807) is 48.5 Å². The van der Waals surface area contributed by atoms with Crippen molar-refractivity contribution in [1.29, 1.82) is 0 Å². The van der Waals surface area contributed by atoms with Crippen LogP contribution >= 0.6 is 0 Å². The average molecular weight is 541 g/mol. The molecule has 0 unspecified atom stereocenters. The third kappa shape index (κ3) is 3.35. The Labute approximate surface area is 235 Å². The summed E-state index contributed by atoms with van der Waals surface area (Å²) >= 11 is 0. The van der Waals surface area contributed by atoms with E-state index in [9.17, 15) is 24.5 Å². The molecule has 0 aromatic heterocycles. The van der Waals surface area contributed by atoms with Gasteiger partial charge in [0.05, 0.1) is 11.0 Å². The Hall–Kier alpha value is -5.17. The Balaban J connectivity index is 1.56. The van der Waals surface area contributed by atoms with Crippen LogP contribution in [0.5, 0.6) is 0 Å². The lowest BCUT2D eigenvalue weighted by Gasteiger charge is -2.37. The van der Waals surface area contributed by atoms with E-state index in [4.69, 9.17) is 0 Å². The maximum atomic E-state index is 14.6. The number of para-hydroxylation sites is 1. The molecule has 4 aromatic rings. The summed E-state index contributed by atoms with van der Waals surface area (Å²) in [5.41, 5.74) is 2.16. The first-order valence-corrected chi connectivity index (χ1v) is 13.4. The molecule has 0 amide bonds. The molecule has 3 aliphatic rings. The number of aryl methyl sites for hydroxylation is 1. The highest BCUT2D eigenvalue weighted by atomic mass is 16.6. The Morgan fingerprint density at radius 3 is 2.20 bits per heavy atom. The Bertz CT molecular complexity index is 1790. The van der Waals surface area contributed by atoms with Gasteiger partial charge in [0.25, 0.3) is 5.69 Å². The van der Waals surface area contributed by atoms with Gasteiger partial charge in [0, 0.05) is 40.4 Å². The van der Waals surface area contributed by atoms with Gasteiger partial charge in [-0.05, 0) is 24.1 Å². The van der Waals surface area contributed by atoms with Gasteiger partial charge in [0.2, 0.25) is 0 Å². The van der Waals surface area contributed by atoms with E-state index in [-0.39, 0.29) is 23.0 Å². The van der Waals surface area contributed by atoms with Gasteiger partial charge in [-0.1, -0.05) is 96.6 Å². The molecule has 4 aromatic carbocycles. The highest BCUT2D eigenvalue weighted by molar-refractivity contribution is 6.32. The molecule has 1 saturated heterocycles. The number of non-ortho nitro benzene ring substituents is 1. The minimum atomic E-state index is -1.70. The van der Waals surface area contributed by atoms with Crippen LogP contribution in [0.3, 0.4) is 0 Å². The largest absolute Gasteiger partial charge is 0.352 e. The van der Waals surface area contributed by atoms with Gasteiger partial charge in [0.1, 0.15) is 11.5 Å². The Kier molecular flexibility index (Phi) is 5.41. The second kappa shape index (κ2) is 8.93. The van der Waals surface area contributed by atoms with E-state index in [1.165, 1.54) is 12.1 Å². The molecule has 1 spiro atoms. The number of hydrogen-bond donors (Lipinski definition) is 0. The van der Waals surface area contributed by atoms with Crippen LogP contribution in [0.25, 0.3) is 6.08 Å². The number of rotatable bonds is 4. The molecular weight excluding hydrogens is 516 g/mol. The summed E-state index contributed by atoms with van der Waals surface area (Å²) in [4.78, 5) is 57.1. The minimum Gasteiger partial charge on any atom is -0.352 e. The molecule has 0 radical (unpaired) electrons. The third-order valence-corrected chi connectivity index (χ3v) is 8.76. The topological polar surface area (TPSA) is 97.6 Å². The zero-order valence-electron chi connectivity index (χ0n) is 22.1. The van der Waals surface area contributed by atoms with E-state index >= 15 is 0 Å². The van der Waals surface area contributed by atoms with Crippen LogP contribution in [0.15, 0.2) is 103 Å². The molecule has 7 heteroatoms. The van der Waals surface area contributed by atoms with Gasteiger partial charge in [-0.15, -0.1) is 0 Å². The molecule has 0 saturated carbocycles. The molecule has 7 rings (SSSR count). The Morgan fingerprint density at radius 1 is 0.854 bits per heavy atom. The van der Waals surface area contributed by atoms with Gasteiger partial charge >= 0.3 is 0 Å². The molecule has 200 valence electrons. The summed E-state index contributed by atoms with van der Waals surface area (Å²) in [5.74, 6) is -1.99. The van der Waals surface area contributed by atoms with Crippen molar-refractivity contribution in [2.45, 2.75) is 24.9 Å². The molecule has 41 heavy (non-hydrogen) atoms. The van der Waals surface area contributed by atoms with Crippen LogP contribution in [0.1, 0.15) is 53.7 Å². The molecule has 7 nitrogen and oxygen atoms in total. The van der Waals surface area contributed by atoms with Crippen LogP contribution < -0.4 is 4.90 Å². The smallest absolute Gasteiger partial charge is 0.269 e. The average Bonchev–Trinajstić information content (AvgIpc) is 3.43. The normalized spacial score (nSPS) is 21.5. The third-order valence-electron chi connectivity index (χ3n) is 8.76. The fourth-order valence-electron chi connectivity index (χ4n) is 7.01. The molecule has 3 atom stereocenters. The predicted octanol–water partition coefficient (Wildman–Crippen LogP) is 6.22. The van der Waals surface area contributed by atoms with Crippen molar-refractivity contribution in [3.8, 4) is 0 Å². The summed E-state index contributed by atoms with van der Waals surface area (Å²) in [6.07, 6.45) is 3.74. The van der Waals surface area contributed by atoms with Crippen molar-refractivity contribution in [3.05, 3.63) is 147 Å². The number of nitro groups is 1. The minimum absolute atomic E-state index is 0.171. The summed E-state index contributed by atoms with van der Waals surface area (Å²) in [7, 11) is 0. The standard InChI is InChI=1S/C34H24N2O5/c1-20-13-15-22(16-14-20)31(37)30-29(23-8-6-9-24(19-23)36(40)41)34(32(38)25-10-3-4-11-26(25)33(34)39)28-18-17-21-7-2-5-12-27(21)35(28)30/h2-19,28-30H,1H3/t28-,29-,30-/m0/s1. The number of ketones is 3. The van der Waals surface area contributed by atoms with Crippen LogP contribution in [0.2, 0.25) is 0 Å². The maximum Gasteiger partial charge on any atom is 0.269 e. The van der Waals surface area contributed by atoms with E-state index in [1.807, 2.05) is 60.4 Å². The van der Waals surface area contributed by atoms with E-state index < -0.39 is 28.3 Å². The number of hydrogen-bond acceptors (Lipinski definition) is 6. The van der Waals surface area contributed by atoms with E-state index in [2.05, 4.69) is 0 Å². The summed E-state index contributed by atoms with van der Waals surface area (Å²) < 4.78 is 0.